The minimum Gasteiger partial charge on any atom is -0.483 e. The van der Waals surface area contributed by atoms with Gasteiger partial charge in [0.1, 0.15) is 5.01 Å². The zero-order valence-corrected chi connectivity index (χ0v) is 17.7. The van der Waals surface area contributed by atoms with E-state index >= 15 is 0 Å². The Labute approximate surface area is 165 Å². The maximum atomic E-state index is 5.85. The van der Waals surface area contributed by atoms with Crippen molar-refractivity contribution >= 4 is 27.3 Å². The first kappa shape index (κ1) is 20.4. The number of halogens is 1. The van der Waals surface area contributed by atoms with Gasteiger partial charge in [-0.3, -0.25) is 0 Å². The lowest BCUT2D eigenvalue weighted by Crippen LogP contribution is -1.95. The molecule has 0 saturated carbocycles. The Morgan fingerprint density at radius 3 is 2.12 bits per heavy atom. The Kier molecular flexibility index (Phi) is 10.2. The molecule has 138 valence electrons. The predicted octanol–water partition coefficient (Wildman–Crippen LogP) is 7.87. The molecule has 2 aromatic rings. The molecule has 0 amide bonds. The zero-order chi connectivity index (χ0) is 17.7. The Hall–Kier alpha value is -0.870. The van der Waals surface area contributed by atoms with E-state index in [0.717, 1.165) is 33.1 Å². The summed E-state index contributed by atoms with van der Waals surface area (Å²) in [6.45, 7) is 3.08. The van der Waals surface area contributed by atoms with Crippen molar-refractivity contribution in [3.63, 3.8) is 0 Å². The van der Waals surface area contributed by atoms with Crippen LogP contribution in [0.25, 0.3) is 10.6 Å². The van der Waals surface area contributed by atoms with Crippen LogP contribution in [0, 0.1) is 0 Å². The second kappa shape index (κ2) is 12.5. The summed E-state index contributed by atoms with van der Waals surface area (Å²) >= 11 is 5.08. The third-order valence-electron chi connectivity index (χ3n) is 4.32. The van der Waals surface area contributed by atoms with Crippen molar-refractivity contribution in [3.05, 3.63) is 34.9 Å². The standard InChI is InChI=1S/C21H30BrNOS/c1-2-3-4-5-6-7-8-9-10-11-16-24-20-17-23-21(25-20)18-12-14-19(22)15-13-18/h12-15,17H,2-11,16H2,1H3. The largest absolute Gasteiger partial charge is 0.483 e. The van der Waals surface area contributed by atoms with E-state index in [-0.39, 0.29) is 0 Å². The van der Waals surface area contributed by atoms with Gasteiger partial charge in [0.05, 0.1) is 12.8 Å². The molecule has 0 unspecified atom stereocenters. The van der Waals surface area contributed by atoms with Gasteiger partial charge in [-0.1, -0.05) is 104 Å². The first-order valence-electron chi connectivity index (χ1n) is 9.64. The lowest BCUT2D eigenvalue weighted by atomic mass is 10.1. The minimum atomic E-state index is 0.804. The normalized spacial score (nSPS) is 11.0. The number of unbranched alkanes of at least 4 members (excludes halogenated alkanes) is 9. The highest BCUT2D eigenvalue weighted by atomic mass is 79.9. The van der Waals surface area contributed by atoms with Crippen LogP contribution in [-0.4, -0.2) is 11.6 Å². The molecule has 1 aromatic heterocycles. The van der Waals surface area contributed by atoms with Crippen LogP contribution < -0.4 is 4.74 Å². The van der Waals surface area contributed by atoms with Crippen LogP contribution >= 0.6 is 27.3 Å². The lowest BCUT2D eigenvalue weighted by Gasteiger charge is -2.03. The molecule has 0 radical (unpaired) electrons. The van der Waals surface area contributed by atoms with Gasteiger partial charge in [0, 0.05) is 10.0 Å². The summed E-state index contributed by atoms with van der Waals surface area (Å²) in [6, 6.07) is 8.24. The number of aromatic nitrogens is 1. The second-order valence-corrected chi connectivity index (χ2v) is 8.43. The Morgan fingerprint density at radius 1 is 0.880 bits per heavy atom. The number of rotatable bonds is 13. The van der Waals surface area contributed by atoms with E-state index < -0.39 is 0 Å². The third kappa shape index (κ3) is 8.37. The summed E-state index contributed by atoms with van der Waals surface area (Å²) in [5.74, 6) is 0. The first-order valence-corrected chi connectivity index (χ1v) is 11.2. The fraction of sp³-hybridized carbons (Fsp3) is 0.571. The van der Waals surface area contributed by atoms with Crippen LogP contribution in [0.15, 0.2) is 34.9 Å². The van der Waals surface area contributed by atoms with Crippen molar-refractivity contribution in [1.82, 2.24) is 4.98 Å². The van der Waals surface area contributed by atoms with E-state index in [4.69, 9.17) is 4.74 Å². The topological polar surface area (TPSA) is 22.1 Å². The molecule has 0 aliphatic rings. The molecular weight excluding hydrogens is 394 g/mol. The van der Waals surface area contributed by atoms with Crippen molar-refractivity contribution in [3.8, 4) is 15.6 Å². The summed E-state index contributed by atoms with van der Waals surface area (Å²) in [5.41, 5.74) is 1.14. The summed E-state index contributed by atoms with van der Waals surface area (Å²) in [4.78, 5) is 4.46. The van der Waals surface area contributed by atoms with Gasteiger partial charge in [-0.2, -0.15) is 0 Å². The monoisotopic (exact) mass is 423 g/mol. The van der Waals surface area contributed by atoms with Gasteiger partial charge in [-0.15, -0.1) is 0 Å². The van der Waals surface area contributed by atoms with Crippen molar-refractivity contribution in [1.29, 1.82) is 0 Å². The fourth-order valence-electron chi connectivity index (χ4n) is 2.81. The molecule has 0 spiro atoms. The van der Waals surface area contributed by atoms with Gasteiger partial charge in [0.25, 0.3) is 0 Å². The molecule has 4 heteroatoms. The number of nitrogens with zero attached hydrogens (tertiary/aromatic N) is 1. The van der Waals surface area contributed by atoms with Crippen LogP contribution in [0.4, 0.5) is 0 Å². The van der Waals surface area contributed by atoms with Crippen LogP contribution in [0.3, 0.4) is 0 Å². The molecule has 0 saturated heterocycles. The number of hydrogen-bond donors (Lipinski definition) is 0. The molecule has 0 fully saturated rings. The molecule has 0 atom stereocenters. The number of hydrogen-bond acceptors (Lipinski definition) is 3. The van der Waals surface area contributed by atoms with Gasteiger partial charge >= 0.3 is 0 Å². The average Bonchev–Trinajstić information content (AvgIpc) is 3.09. The maximum absolute atomic E-state index is 5.85. The lowest BCUT2D eigenvalue weighted by molar-refractivity contribution is 0.312. The first-order chi connectivity index (χ1) is 12.3. The van der Waals surface area contributed by atoms with Gasteiger partial charge in [0.15, 0.2) is 5.06 Å². The Bertz CT molecular complexity index is 582. The van der Waals surface area contributed by atoms with Crippen LogP contribution in [-0.2, 0) is 0 Å². The molecule has 2 nitrogen and oxygen atoms in total. The molecule has 1 heterocycles. The third-order valence-corrected chi connectivity index (χ3v) is 5.81. The van der Waals surface area contributed by atoms with E-state index in [0.29, 0.717) is 0 Å². The number of thiazole rings is 1. The predicted molar refractivity (Wildman–Crippen MR) is 113 cm³/mol. The molecule has 2 rings (SSSR count). The van der Waals surface area contributed by atoms with Crippen molar-refractivity contribution in [2.24, 2.45) is 0 Å². The zero-order valence-electron chi connectivity index (χ0n) is 15.3. The van der Waals surface area contributed by atoms with Crippen LogP contribution in [0.2, 0.25) is 0 Å². The number of ether oxygens (including phenoxy) is 1. The maximum Gasteiger partial charge on any atom is 0.194 e. The van der Waals surface area contributed by atoms with E-state index in [2.05, 4.69) is 40.0 Å². The summed E-state index contributed by atoms with van der Waals surface area (Å²) < 4.78 is 6.94. The quantitative estimate of drug-likeness (QED) is 0.305. The van der Waals surface area contributed by atoms with Crippen molar-refractivity contribution < 1.29 is 4.74 Å². The van der Waals surface area contributed by atoms with Gasteiger partial charge < -0.3 is 4.74 Å². The fourth-order valence-corrected chi connectivity index (χ4v) is 3.88. The smallest absolute Gasteiger partial charge is 0.194 e. The molecule has 0 aliphatic carbocycles. The molecule has 0 bridgehead atoms. The summed E-state index contributed by atoms with van der Waals surface area (Å²) in [7, 11) is 0. The SMILES string of the molecule is CCCCCCCCCCCCOc1cnc(-c2ccc(Br)cc2)s1. The van der Waals surface area contributed by atoms with Crippen molar-refractivity contribution in [2.75, 3.05) is 6.61 Å². The molecule has 0 N–H and O–H groups in total. The Balaban J connectivity index is 1.52. The Morgan fingerprint density at radius 2 is 1.48 bits per heavy atom. The molecular formula is C21H30BrNOS. The average molecular weight is 424 g/mol. The highest BCUT2D eigenvalue weighted by Crippen LogP contribution is 2.30. The van der Waals surface area contributed by atoms with Gasteiger partial charge in [-0.25, -0.2) is 4.98 Å². The van der Waals surface area contributed by atoms with E-state index in [9.17, 15) is 0 Å². The van der Waals surface area contributed by atoms with E-state index in [1.54, 1.807) is 11.3 Å². The van der Waals surface area contributed by atoms with E-state index in [1.165, 1.54) is 57.8 Å². The molecule has 25 heavy (non-hydrogen) atoms. The second-order valence-electron chi connectivity index (χ2n) is 6.52. The van der Waals surface area contributed by atoms with E-state index in [1.807, 2.05) is 18.3 Å². The van der Waals surface area contributed by atoms with Crippen LogP contribution in [0.1, 0.15) is 71.1 Å². The van der Waals surface area contributed by atoms with Gasteiger partial charge in [0.2, 0.25) is 0 Å². The summed E-state index contributed by atoms with van der Waals surface area (Å²) in [6.07, 6.45) is 15.4. The van der Waals surface area contributed by atoms with Crippen LogP contribution in [0.5, 0.6) is 5.06 Å². The number of benzene rings is 1. The van der Waals surface area contributed by atoms with Gasteiger partial charge in [-0.05, 0) is 18.6 Å². The summed E-state index contributed by atoms with van der Waals surface area (Å²) in [5, 5.41) is 1.94. The van der Waals surface area contributed by atoms with Crippen molar-refractivity contribution in [2.45, 2.75) is 71.1 Å². The molecule has 1 aromatic carbocycles. The highest BCUT2D eigenvalue weighted by molar-refractivity contribution is 9.10. The highest BCUT2D eigenvalue weighted by Gasteiger charge is 2.05. The minimum absolute atomic E-state index is 0.804. The molecule has 0 aliphatic heterocycles.